The standard InChI is InChI=1S/C18H19BrO3S/c1-10-15(16(11(2)23-10)17(19)18(20)21-3)13-6-7-14-12(9-13)5-4-8-22-14/h6-7,9,17H,4-5,8H2,1-3H3. The Balaban J connectivity index is 2.11. The summed E-state index contributed by atoms with van der Waals surface area (Å²) in [6, 6.07) is 6.32. The molecule has 2 aromatic rings. The van der Waals surface area contributed by atoms with Crippen molar-refractivity contribution >= 4 is 33.2 Å². The molecule has 1 aliphatic rings. The molecule has 1 aromatic heterocycles. The van der Waals surface area contributed by atoms with Crippen LogP contribution in [0.4, 0.5) is 0 Å². The summed E-state index contributed by atoms with van der Waals surface area (Å²) in [6.07, 6.45) is 2.09. The van der Waals surface area contributed by atoms with E-state index >= 15 is 0 Å². The largest absolute Gasteiger partial charge is 0.493 e. The molecule has 0 spiro atoms. The van der Waals surface area contributed by atoms with Crippen molar-refractivity contribution in [1.29, 1.82) is 0 Å². The van der Waals surface area contributed by atoms with Crippen LogP contribution in [0.5, 0.6) is 5.75 Å². The van der Waals surface area contributed by atoms with E-state index in [2.05, 4.69) is 41.9 Å². The number of carbonyl (C=O) groups is 1. The van der Waals surface area contributed by atoms with Crippen molar-refractivity contribution in [2.45, 2.75) is 31.5 Å². The molecule has 0 aliphatic carbocycles. The molecule has 3 nitrogen and oxygen atoms in total. The number of fused-ring (bicyclic) bond motifs is 1. The molecule has 3 rings (SSSR count). The zero-order valence-corrected chi connectivity index (χ0v) is 15.8. The van der Waals surface area contributed by atoms with Crippen LogP contribution in [-0.2, 0) is 16.0 Å². The number of rotatable bonds is 3. The lowest BCUT2D eigenvalue weighted by molar-refractivity contribution is -0.139. The van der Waals surface area contributed by atoms with E-state index in [1.807, 2.05) is 6.07 Å². The Morgan fingerprint density at radius 1 is 1.35 bits per heavy atom. The Morgan fingerprint density at radius 2 is 2.13 bits per heavy atom. The van der Waals surface area contributed by atoms with Crippen LogP contribution in [0.1, 0.15) is 32.1 Å². The minimum Gasteiger partial charge on any atom is -0.493 e. The number of alkyl halides is 1. The van der Waals surface area contributed by atoms with Gasteiger partial charge in [0.15, 0.2) is 0 Å². The van der Waals surface area contributed by atoms with Crippen LogP contribution >= 0.6 is 27.3 Å². The number of ether oxygens (including phenoxy) is 2. The fourth-order valence-electron chi connectivity index (χ4n) is 3.10. The molecular weight excluding hydrogens is 376 g/mol. The topological polar surface area (TPSA) is 35.5 Å². The van der Waals surface area contributed by atoms with Gasteiger partial charge in [-0.25, -0.2) is 0 Å². The second-order valence-corrected chi connectivity index (χ2v) is 8.01. The smallest absolute Gasteiger partial charge is 0.324 e. The molecule has 0 fully saturated rings. The summed E-state index contributed by atoms with van der Waals surface area (Å²) in [6.45, 7) is 4.94. The summed E-state index contributed by atoms with van der Waals surface area (Å²) < 4.78 is 10.6. The van der Waals surface area contributed by atoms with Gasteiger partial charge in [-0.2, -0.15) is 0 Å². The SMILES string of the molecule is COC(=O)C(Br)c1c(C)sc(C)c1-c1ccc2c(c1)CCCO2. The maximum absolute atomic E-state index is 12.0. The molecular formula is C18H19BrO3S. The van der Waals surface area contributed by atoms with Gasteiger partial charge in [0.1, 0.15) is 10.6 Å². The molecule has 0 radical (unpaired) electrons. The van der Waals surface area contributed by atoms with Crippen LogP contribution in [0.15, 0.2) is 18.2 Å². The third kappa shape index (κ3) is 3.04. The number of esters is 1. The second-order valence-electron chi connectivity index (χ2n) is 5.66. The Labute approximate surface area is 148 Å². The predicted molar refractivity (Wildman–Crippen MR) is 96.7 cm³/mol. The van der Waals surface area contributed by atoms with Gasteiger partial charge in [0, 0.05) is 15.3 Å². The molecule has 0 N–H and O–H groups in total. The van der Waals surface area contributed by atoms with E-state index in [0.717, 1.165) is 46.8 Å². The minimum atomic E-state index is -0.445. The maximum atomic E-state index is 12.0. The van der Waals surface area contributed by atoms with Gasteiger partial charge in [-0.1, -0.05) is 22.0 Å². The van der Waals surface area contributed by atoms with Gasteiger partial charge in [0.25, 0.3) is 0 Å². The van der Waals surface area contributed by atoms with E-state index < -0.39 is 4.83 Å². The summed E-state index contributed by atoms with van der Waals surface area (Å²) in [7, 11) is 1.42. The van der Waals surface area contributed by atoms with E-state index in [4.69, 9.17) is 9.47 Å². The molecule has 1 atom stereocenters. The Bertz CT molecular complexity index is 751. The van der Waals surface area contributed by atoms with Crippen molar-refractivity contribution in [3.05, 3.63) is 39.1 Å². The van der Waals surface area contributed by atoms with E-state index in [9.17, 15) is 4.79 Å². The van der Waals surface area contributed by atoms with Gasteiger partial charge in [-0.05, 0) is 55.5 Å². The molecule has 2 heterocycles. The molecule has 1 unspecified atom stereocenters. The zero-order valence-electron chi connectivity index (χ0n) is 13.4. The van der Waals surface area contributed by atoms with Crippen molar-refractivity contribution < 1.29 is 14.3 Å². The van der Waals surface area contributed by atoms with Crippen molar-refractivity contribution in [2.75, 3.05) is 13.7 Å². The number of aryl methyl sites for hydroxylation is 3. The van der Waals surface area contributed by atoms with Crippen LogP contribution in [0.25, 0.3) is 11.1 Å². The second kappa shape index (κ2) is 6.65. The third-order valence-electron chi connectivity index (χ3n) is 4.17. The van der Waals surface area contributed by atoms with E-state index in [1.165, 1.54) is 17.6 Å². The average molecular weight is 395 g/mol. The molecule has 0 amide bonds. The van der Waals surface area contributed by atoms with Crippen molar-refractivity contribution in [3.63, 3.8) is 0 Å². The van der Waals surface area contributed by atoms with Gasteiger partial charge < -0.3 is 9.47 Å². The quantitative estimate of drug-likeness (QED) is 0.544. The monoisotopic (exact) mass is 394 g/mol. The van der Waals surface area contributed by atoms with Crippen LogP contribution in [0, 0.1) is 13.8 Å². The van der Waals surface area contributed by atoms with Gasteiger partial charge >= 0.3 is 5.97 Å². The molecule has 5 heteroatoms. The van der Waals surface area contributed by atoms with Crippen molar-refractivity contribution in [2.24, 2.45) is 0 Å². The van der Waals surface area contributed by atoms with E-state index in [0.29, 0.717) is 0 Å². The molecule has 0 bridgehead atoms. The number of halogens is 1. The molecule has 1 aromatic carbocycles. The highest BCUT2D eigenvalue weighted by molar-refractivity contribution is 9.09. The normalized spacial score (nSPS) is 14.8. The first kappa shape index (κ1) is 16.5. The number of hydrogen-bond donors (Lipinski definition) is 0. The summed E-state index contributed by atoms with van der Waals surface area (Å²) in [5.41, 5.74) is 4.52. The Hall–Kier alpha value is -1.33. The van der Waals surface area contributed by atoms with Crippen LogP contribution < -0.4 is 4.74 Å². The summed E-state index contributed by atoms with van der Waals surface area (Å²) in [5.74, 6) is 0.711. The van der Waals surface area contributed by atoms with Gasteiger partial charge in [0.05, 0.1) is 13.7 Å². The Kier molecular flexibility index (Phi) is 4.78. The fourth-order valence-corrected chi connectivity index (χ4v) is 5.13. The van der Waals surface area contributed by atoms with E-state index in [1.54, 1.807) is 11.3 Å². The van der Waals surface area contributed by atoms with E-state index in [-0.39, 0.29) is 5.97 Å². The maximum Gasteiger partial charge on any atom is 0.324 e. The highest BCUT2D eigenvalue weighted by Gasteiger charge is 2.27. The highest BCUT2D eigenvalue weighted by Crippen LogP contribution is 2.44. The first-order valence-electron chi connectivity index (χ1n) is 7.60. The molecule has 0 saturated carbocycles. The molecule has 23 heavy (non-hydrogen) atoms. The van der Waals surface area contributed by atoms with Crippen LogP contribution in [0.3, 0.4) is 0 Å². The van der Waals surface area contributed by atoms with Gasteiger partial charge in [-0.15, -0.1) is 11.3 Å². The number of hydrogen-bond acceptors (Lipinski definition) is 4. The summed E-state index contributed by atoms with van der Waals surface area (Å²) in [4.78, 5) is 13.9. The first-order valence-corrected chi connectivity index (χ1v) is 9.34. The van der Waals surface area contributed by atoms with Crippen LogP contribution in [-0.4, -0.2) is 19.7 Å². The highest BCUT2D eigenvalue weighted by atomic mass is 79.9. The Morgan fingerprint density at radius 3 is 2.87 bits per heavy atom. The molecule has 122 valence electrons. The van der Waals surface area contributed by atoms with Crippen LogP contribution in [0.2, 0.25) is 0 Å². The number of methoxy groups -OCH3 is 1. The molecule has 1 aliphatic heterocycles. The number of carbonyl (C=O) groups excluding carboxylic acids is 1. The average Bonchev–Trinajstić information content (AvgIpc) is 2.87. The first-order chi connectivity index (χ1) is 11.0. The minimum absolute atomic E-state index is 0.270. The number of thiophene rings is 1. The third-order valence-corrected chi connectivity index (χ3v) is 6.03. The predicted octanol–water partition coefficient (Wildman–Crippen LogP) is 4.97. The van der Waals surface area contributed by atoms with Gasteiger partial charge in [0.2, 0.25) is 0 Å². The zero-order chi connectivity index (χ0) is 16.6. The lowest BCUT2D eigenvalue weighted by Gasteiger charge is -2.19. The lowest BCUT2D eigenvalue weighted by atomic mass is 9.95. The van der Waals surface area contributed by atoms with Gasteiger partial charge in [-0.3, -0.25) is 4.79 Å². The molecule has 0 saturated heterocycles. The lowest BCUT2D eigenvalue weighted by Crippen LogP contribution is -2.10. The van der Waals surface area contributed by atoms with Crippen molar-refractivity contribution in [3.8, 4) is 16.9 Å². The van der Waals surface area contributed by atoms with Crippen molar-refractivity contribution in [1.82, 2.24) is 0 Å². The summed E-state index contributed by atoms with van der Waals surface area (Å²) >= 11 is 5.22. The number of benzene rings is 1. The summed E-state index contributed by atoms with van der Waals surface area (Å²) in [5, 5.41) is 0. The fraction of sp³-hybridized carbons (Fsp3) is 0.389.